The van der Waals surface area contributed by atoms with Crippen molar-refractivity contribution in [3.8, 4) is 0 Å². The fourth-order valence-corrected chi connectivity index (χ4v) is 5.03. The molecule has 0 saturated heterocycles. The Morgan fingerprint density at radius 1 is 1.00 bits per heavy atom. The van der Waals surface area contributed by atoms with Crippen molar-refractivity contribution in [2.24, 2.45) is 0 Å². The molecule has 1 atom stereocenters. The Morgan fingerprint density at radius 2 is 1.65 bits per heavy atom. The van der Waals surface area contributed by atoms with Gasteiger partial charge in [0.25, 0.3) is 15.9 Å². The Morgan fingerprint density at radius 3 is 2.23 bits per heavy atom. The van der Waals surface area contributed by atoms with Crippen molar-refractivity contribution < 1.29 is 22.7 Å². The highest BCUT2D eigenvalue weighted by molar-refractivity contribution is 7.94. The summed E-state index contributed by atoms with van der Waals surface area (Å²) in [6, 6.07) is 13.3. The van der Waals surface area contributed by atoms with E-state index in [4.69, 9.17) is 27.9 Å². The first-order valence-electron chi connectivity index (χ1n) is 8.78. The van der Waals surface area contributed by atoms with E-state index >= 15 is 0 Å². The topological polar surface area (TPSA) is 102 Å². The van der Waals surface area contributed by atoms with Crippen molar-refractivity contribution in [3.05, 3.63) is 75.6 Å². The Kier molecular flexibility index (Phi) is 7.22. The van der Waals surface area contributed by atoms with Gasteiger partial charge in [-0.2, -0.15) is 0 Å². The number of thiophene rings is 1. The lowest BCUT2D eigenvalue weighted by atomic mass is 10.2. The highest BCUT2D eigenvalue weighted by Gasteiger charge is 2.20. The molecule has 0 bridgehead atoms. The third kappa shape index (κ3) is 6.20. The number of carbonyl (C=O) groups is 2. The first-order chi connectivity index (χ1) is 14.6. The maximum absolute atomic E-state index is 12.3. The van der Waals surface area contributed by atoms with Gasteiger partial charge in [-0.15, -0.1) is 11.3 Å². The number of ether oxygens (including phenoxy) is 1. The summed E-state index contributed by atoms with van der Waals surface area (Å²) in [4.78, 5) is 24.6. The predicted octanol–water partition coefficient (Wildman–Crippen LogP) is 5.04. The maximum atomic E-state index is 12.3. The average molecular weight is 499 g/mol. The minimum Gasteiger partial charge on any atom is -0.449 e. The molecule has 1 amide bonds. The van der Waals surface area contributed by atoms with Crippen LogP contribution in [-0.2, 0) is 19.6 Å². The van der Waals surface area contributed by atoms with Crippen LogP contribution in [0.1, 0.15) is 17.3 Å². The summed E-state index contributed by atoms with van der Waals surface area (Å²) in [6.45, 7) is 1.42. The fraction of sp³-hybridized carbons (Fsp3) is 0.100. The van der Waals surface area contributed by atoms with E-state index in [1.54, 1.807) is 11.4 Å². The van der Waals surface area contributed by atoms with Crippen molar-refractivity contribution in [1.82, 2.24) is 0 Å². The number of hydrogen-bond acceptors (Lipinski definition) is 6. The molecule has 31 heavy (non-hydrogen) atoms. The third-order valence-corrected chi connectivity index (χ3v) is 7.13. The van der Waals surface area contributed by atoms with E-state index in [0.717, 1.165) is 11.3 Å². The molecule has 7 nitrogen and oxygen atoms in total. The lowest BCUT2D eigenvalue weighted by Crippen LogP contribution is -2.30. The molecule has 2 aromatic carbocycles. The van der Waals surface area contributed by atoms with Gasteiger partial charge in [0.1, 0.15) is 4.21 Å². The van der Waals surface area contributed by atoms with Crippen LogP contribution < -0.4 is 10.0 Å². The first kappa shape index (κ1) is 23.1. The third-order valence-electron chi connectivity index (χ3n) is 3.92. The number of halogens is 2. The largest absolute Gasteiger partial charge is 0.449 e. The molecular formula is C20H16Cl2N2O5S2. The van der Waals surface area contributed by atoms with Crippen molar-refractivity contribution in [2.75, 3.05) is 10.0 Å². The monoisotopic (exact) mass is 498 g/mol. The van der Waals surface area contributed by atoms with Crippen LogP contribution in [0.4, 0.5) is 11.4 Å². The zero-order valence-corrected chi connectivity index (χ0v) is 19.1. The molecule has 3 aromatic rings. The summed E-state index contributed by atoms with van der Waals surface area (Å²) in [6.07, 6.45) is -1.10. The van der Waals surface area contributed by atoms with Gasteiger partial charge in [-0.25, -0.2) is 13.2 Å². The molecule has 0 aliphatic carbocycles. The van der Waals surface area contributed by atoms with Gasteiger partial charge in [-0.1, -0.05) is 29.3 Å². The Balaban J connectivity index is 1.60. The minimum absolute atomic E-state index is 0.157. The van der Waals surface area contributed by atoms with Crippen LogP contribution >= 0.6 is 34.5 Å². The standard InChI is InChI=1S/C20H16Cl2N2O5S2/c1-12(19(25)23-17-10-14(21)9-15(22)11-17)29-20(26)13-4-6-16(7-5-13)24-31(27,28)18-3-2-8-30-18/h2-12,24H,1H3,(H,23,25)/t12-/m0/s1. The fourth-order valence-electron chi connectivity index (χ4n) is 2.45. The molecule has 1 heterocycles. The van der Waals surface area contributed by atoms with E-state index in [1.165, 1.54) is 55.5 Å². The molecule has 0 fully saturated rings. The van der Waals surface area contributed by atoms with Crippen LogP contribution in [0.5, 0.6) is 0 Å². The zero-order valence-electron chi connectivity index (χ0n) is 16.0. The van der Waals surface area contributed by atoms with Gasteiger partial charge >= 0.3 is 5.97 Å². The molecule has 0 radical (unpaired) electrons. The van der Waals surface area contributed by atoms with Crippen LogP contribution in [0.15, 0.2) is 64.2 Å². The molecule has 2 N–H and O–H groups in total. The summed E-state index contributed by atoms with van der Waals surface area (Å²) < 4.78 is 32.3. The maximum Gasteiger partial charge on any atom is 0.338 e. The number of benzene rings is 2. The number of esters is 1. The second kappa shape index (κ2) is 9.69. The minimum atomic E-state index is -3.69. The molecule has 0 aliphatic heterocycles. The van der Waals surface area contributed by atoms with Crippen molar-refractivity contribution in [1.29, 1.82) is 0 Å². The van der Waals surface area contributed by atoms with Crippen LogP contribution in [0, 0.1) is 0 Å². The van der Waals surface area contributed by atoms with Crippen LogP contribution in [-0.4, -0.2) is 26.4 Å². The van der Waals surface area contributed by atoms with Gasteiger partial charge in [-0.05, 0) is 60.8 Å². The van der Waals surface area contributed by atoms with Crippen molar-refractivity contribution in [2.45, 2.75) is 17.2 Å². The van der Waals surface area contributed by atoms with Gasteiger partial charge < -0.3 is 10.1 Å². The molecular weight excluding hydrogens is 483 g/mol. The van der Waals surface area contributed by atoms with E-state index < -0.39 is 28.0 Å². The van der Waals surface area contributed by atoms with E-state index in [0.29, 0.717) is 15.7 Å². The number of hydrogen-bond donors (Lipinski definition) is 2. The van der Waals surface area contributed by atoms with Crippen molar-refractivity contribution >= 4 is 67.8 Å². The molecule has 0 saturated carbocycles. The summed E-state index contributed by atoms with van der Waals surface area (Å²) in [7, 11) is -3.69. The summed E-state index contributed by atoms with van der Waals surface area (Å²) >= 11 is 12.9. The number of sulfonamides is 1. The first-order valence-corrected chi connectivity index (χ1v) is 11.9. The Bertz CT molecular complexity index is 1180. The summed E-state index contributed by atoms with van der Waals surface area (Å²) in [5.74, 6) is -1.30. The number of carbonyl (C=O) groups excluding carboxylic acids is 2. The molecule has 11 heteroatoms. The molecule has 0 unspecified atom stereocenters. The second-order valence-electron chi connectivity index (χ2n) is 6.31. The van der Waals surface area contributed by atoms with E-state index in [-0.39, 0.29) is 15.5 Å². The number of anilines is 2. The normalized spacial score (nSPS) is 12.1. The van der Waals surface area contributed by atoms with Gasteiger partial charge in [0, 0.05) is 21.4 Å². The highest BCUT2D eigenvalue weighted by Crippen LogP contribution is 2.23. The Labute approximate surface area is 193 Å². The van der Waals surface area contributed by atoms with E-state index in [1.807, 2.05) is 0 Å². The molecule has 3 rings (SSSR count). The Hall–Kier alpha value is -2.59. The summed E-state index contributed by atoms with van der Waals surface area (Å²) in [5, 5.41) is 4.92. The van der Waals surface area contributed by atoms with E-state index in [9.17, 15) is 18.0 Å². The second-order valence-corrected chi connectivity index (χ2v) is 10.0. The molecule has 0 aliphatic rings. The van der Waals surface area contributed by atoms with Gasteiger partial charge in [0.2, 0.25) is 0 Å². The zero-order chi connectivity index (χ0) is 22.6. The van der Waals surface area contributed by atoms with Gasteiger partial charge in [-0.3, -0.25) is 9.52 Å². The molecule has 162 valence electrons. The average Bonchev–Trinajstić information content (AvgIpc) is 3.23. The number of nitrogens with one attached hydrogen (secondary N) is 2. The quantitative estimate of drug-likeness (QED) is 0.444. The number of rotatable bonds is 7. The van der Waals surface area contributed by atoms with Gasteiger partial charge in [0.15, 0.2) is 6.10 Å². The summed E-state index contributed by atoms with van der Waals surface area (Å²) in [5.41, 5.74) is 0.811. The molecule has 0 spiro atoms. The highest BCUT2D eigenvalue weighted by atomic mass is 35.5. The molecule has 1 aromatic heterocycles. The smallest absolute Gasteiger partial charge is 0.338 e. The van der Waals surface area contributed by atoms with E-state index in [2.05, 4.69) is 10.0 Å². The van der Waals surface area contributed by atoms with Crippen molar-refractivity contribution in [3.63, 3.8) is 0 Å². The van der Waals surface area contributed by atoms with Crippen LogP contribution in [0.25, 0.3) is 0 Å². The van der Waals surface area contributed by atoms with Gasteiger partial charge in [0.05, 0.1) is 5.56 Å². The number of amides is 1. The lowest BCUT2D eigenvalue weighted by molar-refractivity contribution is -0.123. The predicted molar refractivity (Wildman–Crippen MR) is 122 cm³/mol. The lowest BCUT2D eigenvalue weighted by Gasteiger charge is -2.14. The van der Waals surface area contributed by atoms with Crippen LogP contribution in [0.3, 0.4) is 0 Å². The SMILES string of the molecule is C[C@H](OC(=O)c1ccc(NS(=O)(=O)c2cccs2)cc1)C(=O)Nc1cc(Cl)cc(Cl)c1. The van der Waals surface area contributed by atoms with Crippen LogP contribution in [0.2, 0.25) is 10.0 Å².